The van der Waals surface area contributed by atoms with Gasteiger partial charge in [-0.15, -0.1) is 11.3 Å². The standard InChI is InChI=1S/C15H16N4O2S/c1-10-7-13(19(2)18-10)17-14(20)8-21-9-15-16-11-5-3-4-6-12(11)22-15/h3-7H,8-9H2,1-2H3,(H,17,20). The highest BCUT2D eigenvalue weighted by molar-refractivity contribution is 7.18. The molecule has 0 fully saturated rings. The zero-order valence-electron chi connectivity index (χ0n) is 12.4. The SMILES string of the molecule is Cc1cc(NC(=O)COCc2nc3ccccc3s2)n(C)n1. The number of para-hydroxylation sites is 1. The number of benzene rings is 1. The summed E-state index contributed by atoms with van der Waals surface area (Å²) in [6.45, 7) is 2.19. The Morgan fingerprint density at radius 1 is 1.41 bits per heavy atom. The number of aryl methyl sites for hydroxylation is 2. The van der Waals surface area contributed by atoms with Crippen LogP contribution in [0.5, 0.6) is 0 Å². The fourth-order valence-corrected chi connectivity index (χ4v) is 3.02. The van der Waals surface area contributed by atoms with E-state index < -0.39 is 0 Å². The van der Waals surface area contributed by atoms with E-state index in [0.717, 1.165) is 20.9 Å². The molecular formula is C15H16N4O2S. The van der Waals surface area contributed by atoms with Crippen molar-refractivity contribution in [1.82, 2.24) is 14.8 Å². The van der Waals surface area contributed by atoms with E-state index in [4.69, 9.17) is 4.74 Å². The van der Waals surface area contributed by atoms with Gasteiger partial charge >= 0.3 is 0 Å². The van der Waals surface area contributed by atoms with Gasteiger partial charge in [-0.2, -0.15) is 5.10 Å². The van der Waals surface area contributed by atoms with Gasteiger partial charge < -0.3 is 10.1 Å². The Hall–Kier alpha value is -2.25. The molecule has 22 heavy (non-hydrogen) atoms. The van der Waals surface area contributed by atoms with Crippen LogP contribution in [0.4, 0.5) is 5.82 Å². The summed E-state index contributed by atoms with van der Waals surface area (Å²) >= 11 is 1.58. The van der Waals surface area contributed by atoms with E-state index in [-0.39, 0.29) is 12.5 Å². The Labute approximate surface area is 131 Å². The quantitative estimate of drug-likeness (QED) is 0.785. The van der Waals surface area contributed by atoms with E-state index in [2.05, 4.69) is 15.4 Å². The van der Waals surface area contributed by atoms with Gasteiger partial charge in [-0.25, -0.2) is 4.98 Å². The maximum absolute atomic E-state index is 11.8. The van der Waals surface area contributed by atoms with Gasteiger partial charge in [-0.3, -0.25) is 9.48 Å². The minimum atomic E-state index is -0.205. The molecule has 7 heteroatoms. The van der Waals surface area contributed by atoms with Crippen molar-refractivity contribution >= 4 is 33.3 Å². The summed E-state index contributed by atoms with van der Waals surface area (Å²) in [6.07, 6.45) is 0. The van der Waals surface area contributed by atoms with Crippen molar-refractivity contribution < 1.29 is 9.53 Å². The number of aromatic nitrogens is 3. The minimum Gasteiger partial charge on any atom is -0.364 e. The number of anilines is 1. The maximum atomic E-state index is 11.8. The Balaban J connectivity index is 1.52. The molecule has 0 unspecified atom stereocenters. The molecule has 0 saturated carbocycles. The van der Waals surface area contributed by atoms with Crippen LogP contribution >= 0.6 is 11.3 Å². The van der Waals surface area contributed by atoms with Crippen molar-refractivity contribution in [2.24, 2.45) is 7.05 Å². The molecule has 2 heterocycles. The van der Waals surface area contributed by atoms with E-state index >= 15 is 0 Å². The molecule has 0 saturated heterocycles. The molecule has 0 bridgehead atoms. The molecular weight excluding hydrogens is 300 g/mol. The molecule has 3 aromatic rings. The number of hydrogen-bond donors (Lipinski definition) is 1. The van der Waals surface area contributed by atoms with Gasteiger partial charge in [0, 0.05) is 13.1 Å². The van der Waals surface area contributed by atoms with E-state index in [1.54, 1.807) is 23.1 Å². The fourth-order valence-electron chi connectivity index (χ4n) is 2.12. The number of carbonyl (C=O) groups excluding carboxylic acids is 1. The molecule has 3 rings (SSSR count). The third-order valence-corrected chi connectivity index (χ3v) is 4.08. The zero-order valence-corrected chi connectivity index (χ0v) is 13.2. The second-order valence-corrected chi connectivity index (χ2v) is 6.03. The van der Waals surface area contributed by atoms with Gasteiger partial charge in [0.2, 0.25) is 0 Å². The van der Waals surface area contributed by atoms with Crippen LogP contribution < -0.4 is 5.32 Å². The van der Waals surface area contributed by atoms with Crippen LogP contribution in [0.1, 0.15) is 10.7 Å². The van der Waals surface area contributed by atoms with Crippen LogP contribution in [0.15, 0.2) is 30.3 Å². The zero-order chi connectivity index (χ0) is 15.5. The monoisotopic (exact) mass is 316 g/mol. The average Bonchev–Trinajstić information content (AvgIpc) is 3.01. The number of hydrogen-bond acceptors (Lipinski definition) is 5. The van der Waals surface area contributed by atoms with Gasteiger partial charge in [0.25, 0.3) is 5.91 Å². The summed E-state index contributed by atoms with van der Waals surface area (Å²) in [4.78, 5) is 16.3. The van der Waals surface area contributed by atoms with E-state index in [1.807, 2.05) is 37.3 Å². The van der Waals surface area contributed by atoms with Crippen molar-refractivity contribution in [3.8, 4) is 0 Å². The minimum absolute atomic E-state index is 0.0137. The summed E-state index contributed by atoms with van der Waals surface area (Å²) in [5.74, 6) is 0.454. The molecule has 0 aliphatic carbocycles. The predicted molar refractivity (Wildman–Crippen MR) is 85.9 cm³/mol. The number of amides is 1. The number of nitrogens with zero attached hydrogens (tertiary/aromatic N) is 3. The lowest BCUT2D eigenvalue weighted by molar-refractivity contribution is -0.121. The first-order valence-electron chi connectivity index (χ1n) is 6.84. The largest absolute Gasteiger partial charge is 0.364 e. The molecule has 114 valence electrons. The van der Waals surface area contributed by atoms with Gasteiger partial charge in [0.15, 0.2) is 0 Å². The number of ether oxygens (including phenoxy) is 1. The highest BCUT2D eigenvalue weighted by Crippen LogP contribution is 2.21. The topological polar surface area (TPSA) is 69.0 Å². The number of fused-ring (bicyclic) bond motifs is 1. The van der Waals surface area contributed by atoms with Crippen molar-refractivity contribution in [2.75, 3.05) is 11.9 Å². The molecule has 1 aromatic carbocycles. The Morgan fingerprint density at radius 3 is 2.95 bits per heavy atom. The van der Waals surface area contributed by atoms with Gasteiger partial charge in [0.1, 0.15) is 17.4 Å². The van der Waals surface area contributed by atoms with Crippen LogP contribution in [0.25, 0.3) is 10.2 Å². The maximum Gasteiger partial charge on any atom is 0.251 e. The second-order valence-electron chi connectivity index (χ2n) is 4.91. The third kappa shape index (κ3) is 3.32. The van der Waals surface area contributed by atoms with Crippen LogP contribution in [-0.4, -0.2) is 27.3 Å². The molecule has 0 aliphatic rings. The fraction of sp³-hybridized carbons (Fsp3) is 0.267. The van der Waals surface area contributed by atoms with Crippen molar-refractivity contribution in [3.63, 3.8) is 0 Å². The molecule has 0 aliphatic heterocycles. The molecule has 2 aromatic heterocycles. The van der Waals surface area contributed by atoms with Crippen LogP contribution in [0, 0.1) is 6.92 Å². The number of thiazole rings is 1. The summed E-state index contributed by atoms with van der Waals surface area (Å²) < 4.78 is 8.18. The lowest BCUT2D eigenvalue weighted by Gasteiger charge is -2.05. The highest BCUT2D eigenvalue weighted by Gasteiger charge is 2.08. The van der Waals surface area contributed by atoms with Crippen LogP contribution in [0.3, 0.4) is 0 Å². The molecule has 1 N–H and O–H groups in total. The summed E-state index contributed by atoms with van der Waals surface area (Å²) in [6, 6.07) is 9.73. The molecule has 6 nitrogen and oxygen atoms in total. The summed E-state index contributed by atoms with van der Waals surface area (Å²) in [5, 5.41) is 7.80. The van der Waals surface area contributed by atoms with E-state index in [9.17, 15) is 4.79 Å². The number of carbonyl (C=O) groups is 1. The average molecular weight is 316 g/mol. The Kier molecular flexibility index (Phi) is 4.17. The Bertz CT molecular complexity index is 776. The first-order chi connectivity index (χ1) is 10.6. The van der Waals surface area contributed by atoms with Gasteiger partial charge in [-0.05, 0) is 19.1 Å². The van der Waals surface area contributed by atoms with Crippen molar-refractivity contribution in [1.29, 1.82) is 0 Å². The van der Waals surface area contributed by atoms with E-state index in [0.29, 0.717) is 12.4 Å². The Morgan fingerprint density at radius 2 is 2.23 bits per heavy atom. The predicted octanol–water partition coefficient (Wildman–Crippen LogP) is 2.49. The van der Waals surface area contributed by atoms with E-state index in [1.165, 1.54) is 0 Å². The normalized spacial score (nSPS) is 11.0. The third-order valence-electron chi connectivity index (χ3n) is 3.07. The van der Waals surface area contributed by atoms with Gasteiger partial charge in [0.05, 0.1) is 22.5 Å². The lowest BCUT2D eigenvalue weighted by atomic mass is 10.3. The second kappa shape index (κ2) is 6.25. The van der Waals surface area contributed by atoms with Crippen molar-refractivity contribution in [2.45, 2.75) is 13.5 Å². The van der Waals surface area contributed by atoms with Gasteiger partial charge in [-0.1, -0.05) is 12.1 Å². The van der Waals surface area contributed by atoms with Crippen LogP contribution in [-0.2, 0) is 23.2 Å². The summed E-state index contributed by atoms with van der Waals surface area (Å²) in [7, 11) is 1.78. The lowest BCUT2D eigenvalue weighted by Crippen LogP contribution is -2.19. The number of rotatable bonds is 5. The smallest absolute Gasteiger partial charge is 0.251 e. The van der Waals surface area contributed by atoms with Crippen molar-refractivity contribution in [3.05, 3.63) is 41.0 Å². The molecule has 0 spiro atoms. The van der Waals surface area contributed by atoms with Crippen LogP contribution in [0.2, 0.25) is 0 Å². The number of nitrogens with one attached hydrogen (secondary N) is 1. The highest BCUT2D eigenvalue weighted by atomic mass is 32.1. The molecule has 1 amide bonds. The first kappa shape index (κ1) is 14.7. The first-order valence-corrected chi connectivity index (χ1v) is 7.66. The molecule has 0 atom stereocenters. The molecule has 0 radical (unpaired) electrons. The summed E-state index contributed by atoms with van der Waals surface area (Å²) in [5.41, 5.74) is 1.81.